The Morgan fingerprint density at radius 3 is 2.59 bits per heavy atom. The number of hydrogen-bond donors (Lipinski definition) is 2. The van der Waals surface area contributed by atoms with Gasteiger partial charge in [-0.25, -0.2) is 4.79 Å². The number of nitrogens with two attached hydrogens (primary N) is 1. The lowest BCUT2D eigenvalue weighted by Gasteiger charge is -2.27. The smallest absolute Gasteiger partial charge is 0.338 e. The minimum absolute atomic E-state index is 0.0178. The Bertz CT molecular complexity index is 1360. The molecule has 1 heterocycles. The highest BCUT2D eigenvalue weighted by molar-refractivity contribution is 5.90. The van der Waals surface area contributed by atoms with Crippen LogP contribution < -0.4 is 10.5 Å². The van der Waals surface area contributed by atoms with Gasteiger partial charge in [0, 0.05) is 23.4 Å². The first-order valence-electron chi connectivity index (χ1n) is 12.3. The van der Waals surface area contributed by atoms with Gasteiger partial charge in [0.05, 0.1) is 23.8 Å². The van der Waals surface area contributed by atoms with Crippen LogP contribution in [0.15, 0.2) is 83.2 Å². The number of ether oxygens (including phenoxy) is 2. The van der Waals surface area contributed by atoms with E-state index in [-0.39, 0.29) is 17.6 Å². The summed E-state index contributed by atoms with van der Waals surface area (Å²) in [6, 6.07) is 21.7. The van der Waals surface area contributed by atoms with Crippen LogP contribution in [-0.2, 0) is 4.74 Å². The molecule has 3 aromatic rings. The lowest BCUT2D eigenvalue weighted by atomic mass is 9.83. The highest BCUT2D eigenvalue weighted by Gasteiger charge is 2.31. The summed E-state index contributed by atoms with van der Waals surface area (Å²) in [5, 5.41) is 20.4. The lowest BCUT2D eigenvalue weighted by Crippen LogP contribution is -2.21. The number of allylic oxidation sites excluding steroid dienone is 1. The second kappa shape index (κ2) is 11.9. The van der Waals surface area contributed by atoms with Crippen molar-refractivity contribution in [1.29, 1.82) is 5.26 Å². The van der Waals surface area contributed by atoms with Crippen molar-refractivity contribution in [2.24, 2.45) is 10.7 Å². The maximum absolute atomic E-state index is 12.2. The van der Waals surface area contributed by atoms with Gasteiger partial charge in [0.2, 0.25) is 5.88 Å². The third-order valence-corrected chi connectivity index (χ3v) is 6.18. The second-order valence-electron chi connectivity index (χ2n) is 8.79. The fraction of sp³-hybridized carbons (Fsp3) is 0.233. The van der Waals surface area contributed by atoms with Gasteiger partial charge in [0.1, 0.15) is 23.1 Å². The Balaban J connectivity index is 1.53. The number of carbonyl (C=O) groups excluding carboxylic acids is 1. The molecule has 3 aromatic carbocycles. The summed E-state index contributed by atoms with van der Waals surface area (Å²) in [4.78, 5) is 16.7. The minimum Gasteiger partial charge on any atom is -0.507 e. The van der Waals surface area contributed by atoms with Gasteiger partial charge >= 0.3 is 5.97 Å². The molecule has 0 bridgehead atoms. The Hall–Kier alpha value is -4.57. The first kappa shape index (κ1) is 25.5. The fourth-order valence-corrected chi connectivity index (χ4v) is 4.21. The Labute approximate surface area is 216 Å². The predicted octanol–water partition coefficient (Wildman–Crippen LogP) is 6.10. The quantitative estimate of drug-likeness (QED) is 0.210. The van der Waals surface area contributed by atoms with Gasteiger partial charge in [-0.15, -0.1) is 0 Å². The maximum atomic E-state index is 12.2. The number of phenolic OH excluding ortho intramolecular Hbond substituents is 1. The van der Waals surface area contributed by atoms with Crippen LogP contribution in [0.4, 0.5) is 5.69 Å². The van der Waals surface area contributed by atoms with Gasteiger partial charge in [0.15, 0.2) is 0 Å². The summed E-state index contributed by atoms with van der Waals surface area (Å²) >= 11 is 0. The molecule has 0 saturated carbocycles. The number of benzene rings is 3. The van der Waals surface area contributed by atoms with Crippen molar-refractivity contribution in [2.45, 2.75) is 38.5 Å². The highest BCUT2D eigenvalue weighted by atomic mass is 16.5. The molecule has 3 N–H and O–H groups in total. The van der Waals surface area contributed by atoms with E-state index in [1.807, 2.05) is 30.3 Å². The number of aliphatic imine (C=N–C) groups is 1. The largest absolute Gasteiger partial charge is 0.507 e. The van der Waals surface area contributed by atoms with Crippen molar-refractivity contribution in [3.63, 3.8) is 0 Å². The molecule has 0 amide bonds. The molecule has 4 rings (SSSR count). The van der Waals surface area contributed by atoms with Crippen molar-refractivity contribution in [2.75, 3.05) is 6.61 Å². The van der Waals surface area contributed by atoms with Crippen molar-refractivity contribution in [3.8, 4) is 17.6 Å². The van der Waals surface area contributed by atoms with Crippen molar-refractivity contribution in [1.82, 2.24) is 0 Å². The van der Waals surface area contributed by atoms with Crippen LogP contribution in [0.3, 0.4) is 0 Å². The molecule has 0 unspecified atom stereocenters. The molecule has 0 spiro atoms. The number of esters is 1. The van der Waals surface area contributed by atoms with E-state index in [0.717, 1.165) is 31.2 Å². The van der Waals surface area contributed by atoms with E-state index in [1.165, 1.54) is 12.3 Å². The first-order chi connectivity index (χ1) is 18.0. The SMILES string of the molecule is CCCCCCOC(=O)c1ccc(N=Cc2cc3c(cc2O)OC(N)=C(C#N)[C@H]3c2ccccc2)cc1. The molecule has 0 aliphatic carbocycles. The molecule has 1 aliphatic rings. The van der Waals surface area contributed by atoms with Gasteiger partial charge in [-0.05, 0) is 42.3 Å². The molecular weight excluding hydrogens is 466 g/mol. The molecule has 1 atom stereocenters. The van der Waals surface area contributed by atoms with Crippen LogP contribution in [0, 0.1) is 11.3 Å². The fourth-order valence-electron chi connectivity index (χ4n) is 4.21. The number of unbranched alkanes of at least 4 members (excludes halogenated alkanes) is 3. The van der Waals surface area contributed by atoms with Crippen LogP contribution in [0.2, 0.25) is 0 Å². The number of nitriles is 1. The molecule has 188 valence electrons. The zero-order chi connectivity index (χ0) is 26.2. The average molecular weight is 496 g/mol. The van der Waals surface area contributed by atoms with Crippen LogP contribution in [0.25, 0.3) is 0 Å². The zero-order valence-electron chi connectivity index (χ0n) is 20.7. The Kier molecular flexibility index (Phi) is 8.22. The van der Waals surface area contributed by atoms with Crippen molar-refractivity contribution in [3.05, 3.63) is 100 Å². The van der Waals surface area contributed by atoms with E-state index < -0.39 is 5.92 Å². The maximum Gasteiger partial charge on any atom is 0.338 e. The van der Waals surface area contributed by atoms with Gasteiger partial charge < -0.3 is 20.3 Å². The van der Waals surface area contributed by atoms with Gasteiger partial charge in [0.25, 0.3) is 0 Å². The monoisotopic (exact) mass is 495 g/mol. The van der Waals surface area contributed by atoms with E-state index in [9.17, 15) is 15.2 Å². The Morgan fingerprint density at radius 2 is 1.89 bits per heavy atom. The number of fused-ring (bicyclic) bond motifs is 1. The van der Waals surface area contributed by atoms with Crippen molar-refractivity contribution >= 4 is 17.9 Å². The normalized spacial score (nSPS) is 14.6. The summed E-state index contributed by atoms with van der Waals surface area (Å²) in [5.41, 5.74) is 9.44. The first-order valence-corrected chi connectivity index (χ1v) is 12.3. The predicted molar refractivity (Wildman–Crippen MR) is 142 cm³/mol. The number of carbonyl (C=O) groups is 1. The molecule has 1 aliphatic heterocycles. The summed E-state index contributed by atoms with van der Waals surface area (Å²) in [7, 11) is 0. The number of nitrogens with zero attached hydrogens (tertiary/aromatic N) is 2. The summed E-state index contributed by atoms with van der Waals surface area (Å²) in [6.07, 6.45) is 5.71. The van der Waals surface area contributed by atoms with Crippen molar-refractivity contribution < 1.29 is 19.4 Å². The number of phenols is 1. The summed E-state index contributed by atoms with van der Waals surface area (Å²) in [6.45, 7) is 2.55. The zero-order valence-corrected chi connectivity index (χ0v) is 20.7. The van der Waals surface area contributed by atoms with E-state index >= 15 is 0 Å². The highest BCUT2D eigenvalue weighted by Crippen LogP contribution is 2.44. The summed E-state index contributed by atoms with van der Waals surface area (Å²) < 4.78 is 11.0. The summed E-state index contributed by atoms with van der Waals surface area (Å²) in [5.74, 6) is -0.422. The van der Waals surface area contributed by atoms with Crippen LogP contribution in [-0.4, -0.2) is 23.9 Å². The number of aromatic hydroxyl groups is 1. The van der Waals surface area contributed by atoms with Crippen LogP contribution in [0.1, 0.15) is 65.6 Å². The standard InChI is InChI=1S/C30H29N3O4/c1-2-3-4-8-15-36-30(35)21-11-13-23(14-12-21)33-19-22-16-24-27(17-26(22)34)37-29(32)25(18-31)28(24)20-9-6-5-7-10-20/h5-7,9-14,16-17,19,28,34H,2-4,8,15,32H2,1H3/t28-/m0/s1. The topological polar surface area (TPSA) is 118 Å². The van der Waals surface area contributed by atoms with E-state index in [2.05, 4.69) is 18.0 Å². The molecule has 0 fully saturated rings. The van der Waals surface area contributed by atoms with Crippen LogP contribution in [0.5, 0.6) is 11.5 Å². The molecule has 7 heteroatoms. The molecular formula is C30H29N3O4. The van der Waals surface area contributed by atoms with E-state index in [1.54, 1.807) is 30.3 Å². The van der Waals surface area contributed by atoms with E-state index in [0.29, 0.717) is 40.3 Å². The molecule has 37 heavy (non-hydrogen) atoms. The molecule has 0 saturated heterocycles. The minimum atomic E-state index is -0.435. The van der Waals surface area contributed by atoms with Gasteiger partial charge in [-0.2, -0.15) is 5.26 Å². The number of rotatable bonds is 9. The van der Waals surface area contributed by atoms with E-state index in [4.69, 9.17) is 15.2 Å². The second-order valence-corrected chi connectivity index (χ2v) is 8.79. The third-order valence-electron chi connectivity index (χ3n) is 6.18. The lowest BCUT2D eigenvalue weighted by molar-refractivity contribution is 0.0498. The molecule has 7 nitrogen and oxygen atoms in total. The molecule has 0 aromatic heterocycles. The van der Waals surface area contributed by atoms with Gasteiger partial charge in [-0.1, -0.05) is 56.5 Å². The number of hydrogen-bond acceptors (Lipinski definition) is 7. The third kappa shape index (κ3) is 5.99. The Morgan fingerprint density at radius 1 is 1.14 bits per heavy atom. The van der Waals surface area contributed by atoms with Gasteiger partial charge in [-0.3, -0.25) is 4.99 Å². The average Bonchev–Trinajstić information content (AvgIpc) is 2.92. The molecule has 0 radical (unpaired) electrons. The van der Waals surface area contributed by atoms with Crippen LogP contribution >= 0.6 is 0 Å².